The molecule has 0 bridgehead atoms. The van der Waals surface area contributed by atoms with Crippen LogP contribution in [-0.4, -0.2) is 16.1 Å². The summed E-state index contributed by atoms with van der Waals surface area (Å²) in [5.74, 6) is -0.550. The van der Waals surface area contributed by atoms with E-state index in [2.05, 4.69) is 0 Å². The molecule has 4 heteroatoms. The van der Waals surface area contributed by atoms with Gasteiger partial charge in [0.05, 0.1) is 13.2 Å². The van der Waals surface area contributed by atoms with E-state index >= 15 is 0 Å². The number of hydrogen-bond donors (Lipinski definition) is 3. The van der Waals surface area contributed by atoms with Gasteiger partial charge in [-0.2, -0.15) is 0 Å². The molecule has 0 spiro atoms. The Morgan fingerprint density at radius 2 is 1.94 bits per heavy atom. The van der Waals surface area contributed by atoms with Crippen LogP contribution in [0.2, 0.25) is 0 Å². The molecule has 0 aromatic heterocycles. The zero-order valence-electron chi connectivity index (χ0n) is 9.36. The predicted molar refractivity (Wildman–Crippen MR) is 60.8 cm³/mol. The van der Waals surface area contributed by atoms with Crippen molar-refractivity contribution in [2.24, 2.45) is 5.73 Å². The number of aliphatic hydroxyl groups excluding tert-OH is 2. The lowest BCUT2D eigenvalue weighted by Gasteiger charge is -2.14. The lowest BCUT2D eigenvalue weighted by molar-refractivity contribution is 0.0997. The van der Waals surface area contributed by atoms with Crippen LogP contribution in [0.5, 0.6) is 0 Å². The van der Waals surface area contributed by atoms with Gasteiger partial charge in [0.25, 0.3) is 0 Å². The molecule has 88 valence electrons. The zero-order valence-corrected chi connectivity index (χ0v) is 9.36. The summed E-state index contributed by atoms with van der Waals surface area (Å²) < 4.78 is 0. The second-order valence-electron chi connectivity index (χ2n) is 3.66. The molecule has 1 aromatic carbocycles. The fraction of sp³-hybridized carbons (Fsp3) is 0.417. The van der Waals surface area contributed by atoms with Crippen molar-refractivity contribution in [1.29, 1.82) is 0 Å². The Bertz CT molecular complexity index is 388. The topological polar surface area (TPSA) is 83.5 Å². The monoisotopic (exact) mass is 223 g/mol. The number of amides is 1. The van der Waals surface area contributed by atoms with E-state index in [9.17, 15) is 15.0 Å². The largest absolute Gasteiger partial charge is 0.392 e. The fourth-order valence-electron chi connectivity index (χ4n) is 1.86. The molecule has 0 aliphatic carbocycles. The number of nitrogens with two attached hydrogens (primary N) is 1. The molecule has 0 atom stereocenters. The van der Waals surface area contributed by atoms with Crippen molar-refractivity contribution >= 4 is 5.91 Å². The Labute approximate surface area is 94.7 Å². The van der Waals surface area contributed by atoms with Crippen LogP contribution in [-0.2, 0) is 19.6 Å². The first-order valence-corrected chi connectivity index (χ1v) is 5.30. The van der Waals surface area contributed by atoms with E-state index in [0.717, 1.165) is 17.5 Å². The van der Waals surface area contributed by atoms with Gasteiger partial charge in [-0.15, -0.1) is 0 Å². The summed E-state index contributed by atoms with van der Waals surface area (Å²) in [6.07, 6.45) is 1.59. The molecule has 0 saturated carbocycles. The van der Waals surface area contributed by atoms with Gasteiger partial charge in [-0.05, 0) is 29.2 Å². The van der Waals surface area contributed by atoms with Gasteiger partial charge in [0.1, 0.15) is 0 Å². The van der Waals surface area contributed by atoms with Gasteiger partial charge in [-0.1, -0.05) is 19.4 Å². The Morgan fingerprint density at radius 1 is 1.25 bits per heavy atom. The van der Waals surface area contributed by atoms with Crippen molar-refractivity contribution < 1.29 is 15.0 Å². The molecule has 1 aromatic rings. The van der Waals surface area contributed by atoms with Crippen LogP contribution in [0.3, 0.4) is 0 Å². The molecule has 0 heterocycles. The minimum atomic E-state index is -0.550. The number of benzene rings is 1. The van der Waals surface area contributed by atoms with E-state index in [1.54, 1.807) is 12.1 Å². The Hall–Kier alpha value is -1.39. The van der Waals surface area contributed by atoms with Gasteiger partial charge in [-0.25, -0.2) is 0 Å². The van der Waals surface area contributed by atoms with Crippen LogP contribution in [0.15, 0.2) is 12.1 Å². The van der Waals surface area contributed by atoms with E-state index in [1.165, 1.54) is 0 Å². The van der Waals surface area contributed by atoms with E-state index in [1.807, 2.05) is 6.92 Å². The van der Waals surface area contributed by atoms with Gasteiger partial charge in [0.2, 0.25) is 5.91 Å². The summed E-state index contributed by atoms with van der Waals surface area (Å²) in [6, 6.07) is 3.24. The zero-order chi connectivity index (χ0) is 12.1. The van der Waals surface area contributed by atoms with Gasteiger partial charge in [0, 0.05) is 5.56 Å². The molecule has 0 fully saturated rings. The Kier molecular flexibility index (Phi) is 4.46. The van der Waals surface area contributed by atoms with Gasteiger partial charge in [-0.3, -0.25) is 4.79 Å². The number of carbonyl (C=O) groups excluding carboxylic acids is 1. The summed E-state index contributed by atoms with van der Waals surface area (Å²) in [5, 5.41) is 18.5. The number of rotatable bonds is 5. The highest BCUT2D eigenvalue weighted by molar-refractivity contribution is 5.94. The molecule has 4 nitrogen and oxygen atoms in total. The summed E-state index contributed by atoms with van der Waals surface area (Å²) in [5.41, 5.74) is 7.70. The van der Waals surface area contributed by atoms with Crippen LogP contribution in [0.1, 0.15) is 40.4 Å². The number of aliphatic hydroxyl groups is 2. The molecule has 0 aliphatic heterocycles. The molecule has 0 saturated heterocycles. The normalized spacial score (nSPS) is 10.4. The molecular weight excluding hydrogens is 206 g/mol. The quantitative estimate of drug-likeness (QED) is 0.687. The highest BCUT2D eigenvalue weighted by Gasteiger charge is 2.14. The third kappa shape index (κ3) is 2.40. The molecule has 16 heavy (non-hydrogen) atoms. The highest BCUT2D eigenvalue weighted by Crippen LogP contribution is 2.21. The van der Waals surface area contributed by atoms with E-state index < -0.39 is 5.91 Å². The first-order valence-electron chi connectivity index (χ1n) is 5.30. The van der Waals surface area contributed by atoms with Crippen molar-refractivity contribution in [1.82, 2.24) is 0 Å². The van der Waals surface area contributed by atoms with Crippen molar-refractivity contribution in [2.75, 3.05) is 0 Å². The second kappa shape index (κ2) is 5.63. The lowest BCUT2D eigenvalue weighted by atomic mass is 9.93. The maximum Gasteiger partial charge on any atom is 0.249 e. The van der Waals surface area contributed by atoms with Crippen LogP contribution >= 0.6 is 0 Å². The van der Waals surface area contributed by atoms with Crippen LogP contribution < -0.4 is 5.73 Å². The minimum Gasteiger partial charge on any atom is -0.392 e. The predicted octanol–water partition coefficient (Wildman–Crippen LogP) is 0.723. The summed E-state index contributed by atoms with van der Waals surface area (Å²) >= 11 is 0. The first-order chi connectivity index (χ1) is 7.65. The maximum atomic E-state index is 11.2. The highest BCUT2D eigenvalue weighted by atomic mass is 16.3. The Balaban J connectivity index is 3.36. The smallest absolute Gasteiger partial charge is 0.249 e. The van der Waals surface area contributed by atoms with Crippen LogP contribution in [0.25, 0.3) is 0 Å². The second-order valence-corrected chi connectivity index (χ2v) is 3.66. The third-order valence-corrected chi connectivity index (χ3v) is 2.62. The summed E-state index contributed by atoms with van der Waals surface area (Å²) in [7, 11) is 0. The van der Waals surface area contributed by atoms with E-state index in [-0.39, 0.29) is 13.2 Å². The average Bonchev–Trinajstić information content (AvgIpc) is 2.28. The molecule has 1 rings (SSSR count). The number of hydrogen-bond acceptors (Lipinski definition) is 3. The van der Waals surface area contributed by atoms with Crippen molar-refractivity contribution in [3.05, 3.63) is 34.4 Å². The van der Waals surface area contributed by atoms with Crippen molar-refractivity contribution in [3.63, 3.8) is 0 Å². The molecular formula is C12H17NO3. The molecule has 0 unspecified atom stereocenters. The minimum absolute atomic E-state index is 0.0959. The summed E-state index contributed by atoms with van der Waals surface area (Å²) in [4.78, 5) is 11.2. The standard InChI is InChI=1S/C12H17NO3/c1-2-3-9-8(6-14)4-5-10(12(13)16)11(9)7-15/h4-5,14-15H,2-3,6-7H2,1H3,(H2,13,16). The summed E-state index contributed by atoms with van der Waals surface area (Å²) in [6.45, 7) is 1.67. The van der Waals surface area contributed by atoms with Crippen molar-refractivity contribution in [2.45, 2.75) is 33.0 Å². The molecule has 0 aliphatic rings. The fourth-order valence-corrected chi connectivity index (χ4v) is 1.86. The van der Waals surface area contributed by atoms with Gasteiger partial charge in [0.15, 0.2) is 0 Å². The van der Waals surface area contributed by atoms with Gasteiger partial charge < -0.3 is 15.9 Å². The molecule has 1 amide bonds. The third-order valence-electron chi connectivity index (χ3n) is 2.62. The molecule has 0 radical (unpaired) electrons. The van der Waals surface area contributed by atoms with Crippen molar-refractivity contribution in [3.8, 4) is 0 Å². The number of carbonyl (C=O) groups is 1. The van der Waals surface area contributed by atoms with Crippen LogP contribution in [0.4, 0.5) is 0 Å². The van der Waals surface area contributed by atoms with Gasteiger partial charge >= 0.3 is 0 Å². The average molecular weight is 223 g/mol. The maximum absolute atomic E-state index is 11.2. The van der Waals surface area contributed by atoms with E-state index in [0.29, 0.717) is 17.5 Å². The molecule has 4 N–H and O–H groups in total. The number of primary amides is 1. The lowest BCUT2D eigenvalue weighted by Crippen LogP contribution is -2.16. The SMILES string of the molecule is CCCc1c(CO)ccc(C(N)=O)c1CO. The Morgan fingerprint density at radius 3 is 2.38 bits per heavy atom. The van der Waals surface area contributed by atoms with Crippen LogP contribution in [0, 0.1) is 0 Å². The van der Waals surface area contributed by atoms with E-state index in [4.69, 9.17) is 5.73 Å². The first kappa shape index (κ1) is 12.7.